The molecule has 1 atom stereocenters. The largest absolute Gasteiger partial charge is 0.328 e. The first-order valence-corrected chi connectivity index (χ1v) is 5.04. The van der Waals surface area contributed by atoms with E-state index in [-0.39, 0.29) is 0 Å². The first kappa shape index (κ1) is 12.4. The lowest BCUT2D eigenvalue weighted by Gasteiger charge is -2.18. The third-order valence-corrected chi connectivity index (χ3v) is 2.59. The van der Waals surface area contributed by atoms with Gasteiger partial charge in [0.15, 0.2) is 0 Å². The van der Waals surface area contributed by atoms with Crippen LogP contribution < -0.4 is 0 Å². The lowest BCUT2D eigenvalue weighted by atomic mass is 10.1. The van der Waals surface area contributed by atoms with Gasteiger partial charge in [-0.1, -0.05) is 6.07 Å². The molecule has 88 valence electrons. The fraction of sp³-hybridized carbons (Fsp3) is 0.500. The van der Waals surface area contributed by atoms with Crippen molar-refractivity contribution in [3.63, 3.8) is 0 Å². The summed E-state index contributed by atoms with van der Waals surface area (Å²) in [5.74, 6) is 0. The summed E-state index contributed by atoms with van der Waals surface area (Å²) in [4.78, 5) is 14.9. The maximum absolute atomic E-state index is 8.36. The summed E-state index contributed by atoms with van der Waals surface area (Å²) in [7, 11) is 2.19. The summed E-state index contributed by atoms with van der Waals surface area (Å²) < 4.78 is 0. The van der Waals surface area contributed by atoms with Crippen LogP contribution in [0.25, 0.3) is 0 Å². The molecule has 16 heavy (non-hydrogen) atoms. The van der Waals surface area contributed by atoms with E-state index in [2.05, 4.69) is 23.0 Å². The van der Waals surface area contributed by atoms with Crippen LogP contribution in [0.2, 0.25) is 0 Å². The fourth-order valence-corrected chi connectivity index (χ4v) is 1.90. The van der Waals surface area contributed by atoms with Crippen LogP contribution in [-0.2, 0) is 0 Å². The van der Waals surface area contributed by atoms with Crippen LogP contribution >= 0.6 is 0 Å². The Morgan fingerprint density at radius 2 is 2.38 bits per heavy atom. The Labute approximate surface area is 93.6 Å². The molecule has 0 radical (unpaired) electrons. The average Bonchev–Trinajstić information content (AvgIpc) is 2.65. The quantitative estimate of drug-likeness (QED) is 0.578. The van der Waals surface area contributed by atoms with Gasteiger partial charge < -0.3 is 5.21 Å². The number of hydrogen-bond acceptors (Lipinski definition) is 4. The minimum absolute atomic E-state index is 0.610. The summed E-state index contributed by atoms with van der Waals surface area (Å²) in [6.45, 7) is 1.22. The van der Waals surface area contributed by atoms with Crippen molar-refractivity contribution in [1.29, 1.82) is 0 Å². The van der Waals surface area contributed by atoms with Crippen LogP contribution in [0.3, 0.4) is 0 Å². The third-order valence-electron chi connectivity index (χ3n) is 2.59. The molecule has 1 saturated heterocycles. The van der Waals surface area contributed by atoms with Crippen LogP contribution in [0, 0.1) is 10.1 Å². The first-order chi connectivity index (χ1) is 7.61. The molecule has 1 unspecified atom stereocenters. The maximum atomic E-state index is 8.36. The van der Waals surface area contributed by atoms with E-state index in [4.69, 9.17) is 15.3 Å². The molecule has 1 fully saturated rings. The normalized spacial score (nSPS) is 19.9. The van der Waals surface area contributed by atoms with Gasteiger partial charge in [-0.15, -0.1) is 10.1 Å². The van der Waals surface area contributed by atoms with E-state index in [1.165, 1.54) is 24.9 Å². The highest BCUT2D eigenvalue weighted by Crippen LogP contribution is 2.29. The molecule has 2 heterocycles. The van der Waals surface area contributed by atoms with E-state index in [0.717, 1.165) is 0 Å². The smallest absolute Gasteiger partial charge is 0.291 e. The summed E-state index contributed by atoms with van der Waals surface area (Å²) in [5.41, 5.74) is 1.36. The van der Waals surface area contributed by atoms with E-state index in [1.54, 1.807) is 0 Å². The highest BCUT2D eigenvalue weighted by atomic mass is 16.9. The molecule has 0 bridgehead atoms. The van der Waals surface area contributed by atoms with Crippen LogP contribution in [0.15, 0.2) is 24.5 Å². The molecule has 0 aliphatic carbocycles. The predicted molar refractivity (Wildman–Crippen MR) is 57.6 cm³/mol. The minimum atomic E-state index is -1.50. The van der Waals surface area contributed by atoms with Crippen LogP contribution in [0.4, 0.5) is 0 Å². The Hall–Kier alpha value is -1.69. The van der Waals surface area contributed by atoms with Crippen molar-refractivity contribution >= 4 is 0 Å². The van der Waals surface area contributed by atoms with E-state index in [9.17, 15) is 0 Å². The monoisotopic (exact) mass is 225 g/mol. The molecule has 1 N–H and O–H groups in total. The first-order valence-electron chi connectivity index (χ1n) is 5.04. The minimum Gasteiger partial charge on any atom is -0.328 e. The number of nitrogens with zero attached hydrogens (tertiary/aromatic N) is 3. The third kappa shape index (κ3) is 3.82. The number of pyridine rings is 1. The van der Waals surface area contributed by atoms with Crippen molar-refractivity contribution in [3.05, 3.63) is 40.2 Å². The average molecular weight is 225 g/mol. The summed E-state index contributed by atoms with van der Waals surface area (Å²) >= 11 is 0. The van der Waals surface area contributed by atoms with Gasteiger partial charge >= 0.3 is 0 Å². The molecule has 1 aliphatic rings. The Balaban J connectivity index is 0.000000280. The molecular weight excluding hydrogens is 210 g/mol. The molecule has 0 amide bonds. The van der Waals surface area contributed by atoms with E-state index in [0.29, 0.717) is 6.04 Å². The van der Waals surface area contributed by atoms with Gasteiger partial charge in [0.25, 0.3) is 5.09 Å². The number of rotatable bonds is 1. The van der Waals surface area contributed by atoms with Crippen molar-refractivity contribution in [3.8, 4) is 0 Å². The molecule has 0 saturated carbocycles. The van der Waals surface area contributed by atoms with E-state index < -0.39 is 5.09 Å². The van der Waals surface area contributed by atoms with Crippen LogP contribution in [0.1, 0.15) is 24.4 Å². The second-order valence-corrected chi connectivity index (χ2v) is 3.66. The van der Waals surface area contributed by atoms with Crippen molar-refractivity contribution < 1.29 is 10.3 Å². The number of hydrogen-bond donors (Lipinski definition) is 1. The van der Waals surface area contributed by atoms with Gasteiger partial charge in [0, 0.05) is 18.4 Å². The SMILES string of the molecule is CN1CCCC1c1cccnc1.O=[N+]([O-])O. The van der Waals surface area contributed by atoms with Crippen LogP contribution in [-0.4, -0.2) is 33.8 Å². The van der Waals surface area contributed by atoms with Crippen molar-refractivity contribution in [2.75, 3.05) is 13.6 Å². The lowest BCUT2D eigenvalue weighted by molar-refractivity contribution is -0.742. The highest BCUT2D eigenvalue weighted by Gasteiger charge is 2.21. The molecule has 0 spiro atoms. The van der Waals surface area contributed by atoms with Crippen LogP contribution in [0.5, 0.6) is 0 Å². The molecular formula is C10H15N3O3. The van der Waals surface area contributed by atoms with Gasteiger partial charge in [0.2, 0.25) is 0 Å². The highest BCUT2D eigenvalue weighted by molar-refractivity contribution is 5.14. The standard InChI is InChI=1S/C10H14N2.HNO3/c1-12-7-3-5-10(12)9-4-2-6-11-8-9;2-1(3)4/h2,4,6,8,10H,3,5,7H2,1H3;(H,2,3,4). The zero-order valence-electron chi connectivity index (χ0n) is 9.11. The van der Waals surface area contributed by atoms with E-state index in [1.807, 2.05) is 18.5 Å². The Morgan fingerprint density at radius 1 is 1.69 bits per heavy atom. The van der Waals surface area contributed by atoms with Gasteiger partial charge in [-0.3, -0.25) is 9.88 Å². The fourth-order valence-electron chi connectivity index (χ4n) is 1.90. The van der Waals surface area contributed by atoms with Gasteiger partial charge in [0.05, 0.1) is 0 Å². The number of aromatic nitrogens is 1. The number of likely N-dealkylation sites (tertiary alicyclic amines) is 1. The van der Waals surface area contributed by atoms with Gasteiger partial charge in [-0.05, 0) is 38.1 Å². The molecule has 1 aromatic rings. The van der Waals surface area contributed by atoms with Gasteiger partial charge in [0.1, 0.15) is 0 Å². The zero-order chi connectivity index (χ0) is 12.0. The van der Waals surface area contributed by atoms with Crippen molar-refractivity contribution in [2.24, 2.45) is 0 Å². The second kappa shape index (κ2) is 6.02. The Morgan fingerprint density at radius 3 is 2.81 bits per heavy atom. The molecule has 1 aromatic heterocycles. The molecule has 2 rings (SSSR count). The van der Waals surface area contributed by atoms with Crippen molar-refractivity contribution in [2.45, 2.75) is 18.9 Å². The summed E-state index contributed by atoms with van der Waals surface area (Å²) in [5, 5.41) is 13.6. The maximum Gasteiger partial charge on any atom is 0.291 e. The predicted octanol–water partition coefficient (Wildman–Crippen LogP) is 1.50. The zero-order valence-corrected chi connectivity index (χ0v) is 9.11. The van der Waals surface area contributed by atoms with Crippen molar-refractivity contribution in [1.82, 2.24) is 9.88 Å². The lowest BCUT2D eigenvalue weighted by Crippen LogP contribution is -2.17. The molecule has 6 heteroatoms. The Kier molecular flexibility index (Phi) is 4.65. The Bertz CT molecular complexity index is 327. The molecule has 6 nitrogen and oxygen atoms in total. The molecule has 0 aromatic carbocycles. The second-order valence-electron chi connectivity index (χ2n) is 3.66. The van der Waals surface area contributed by atoms with Gasteiger partial charge in [-0.2, -0.15) is 0 Å². The van der Waals surface area contributed by atoms with Gasteiger partial charge in [-0.25, -0.2) is 0 Å². The van der Waals surface area contributed by atoms with E-state index >= 15 is 0 Å². The summed E-state index contributed by atoms with van der Waals surface area (Å²) in [6.07, 6.45) is 6.41. The summed E-state index contributed by atoms with van der Waals surface area (Å²) in [6, 6.07) is 4.79. The molecule has 1 aliphatic heterocycles. The topological polar surface area (TPSA) is 79.5 Å².